The molecule has 0 N–H and O–H groups in total. The highest BCUT2D eigenvalue weighted by molar-refractivity contribution is 5.67. The summed E-state index contributed by atoms with van der Waals surface area (Å²) in [5.41, 5.74) is -0.789. The molecule has 3 heterocycles. The maximum atomic E-state index is 11.3. The summed E-state index contributed by atoms with van der Waals surface area (Å²) >= 11 is 0. The fraction of sp³-hybridized carbons (Fsp3) is 0.375. The van der Waals surface area contributed by atoms with Crippen LogP contribution in [0.25, 0.3) is 5.82 Å². The van der Waals surface area contributed by atoms with E-state index in [-0.39, 0.29) is 0 Å². The van der Waals surface area contributed by atoms with Gasteiger partial charge in [0.1, 0.15) is 17.7 Å². The number of nitrogens with zero attached hydrogens (tertiary/aromatic N) is 5. The molecule has 0 aromatic carbocycles. The number of aromatic nitrogens is 3. The van der Waals surface area contributed by atoms with Crippen molar-refractivity contribution in [1.82, 2.24) is 19.4 Å². The molecular formula is C16H16N5O3-. The predicted molar refractivity (Wildman–Crippen MR) is 80.7 cm³/mol. The number of hydrogen-bond donors (Lipinski definition) is 0. The first-order valence-electron chi connectivity index (χ1n) is 7.54. The molecular weight excluding hydrogens is 310 g/mol. The second-order valence-corrected chi connectivity index (χ2v) is 5.50. The number of hydrogen-bond acceptors (Lipinski definition) is 7. The summed E-state index contributed by atoms with van der Waals surface area (Å²) in [4.78, 5) is 21.4. The topological polar surface area (TPSA) is 107 Å². The Morgan fingerprint density at radius 1 is 1.42 bits per heavy atom. The largest absolute Gasteiger partial charge is 0.550 e. The number of carboxylic acid groups (broad SMARTS) is 1. The Hall–Kier alpha value is -2.76. The molecule has 2 aromatic rings. The zero-order chi connectivity index (χ0) is 17.0. The molecule has 2 aromatic heterocycles. The highest BCUT2D eigenvalue weighted by Crippen LogP contribution is 2.32. The lowest BCUT2D eigenvalue weighted by Gasteiger charge is -2.41. The first-order valence-corrected chi connectivity index (χ1v) is 7.54. The summed E-state index contributed by atoms with van der Waals surface area (Å²) in [6.07, 6.45) is 6.12. The summed E-state index contributed by atoms with van der Waals surface area (Å²) in [7, 11) is 0. The third-order valence-electron chi connectivity index (χ3n) is 4.13. The van der Waals surface area contributed by atoms with Gasteiger partial charge in [-0.05, 0) is 6.07 Å². The Labute approximate surface area is 138 Å². The minimum Gasteiger partial charge on any atom is -0.550 e. The minimum absolute atomic E-state index is 0.421. The van der Waals surface area contributed by atoms with Crippen LogP contribution in [0.5, 0.6) is 0 Å². The molecule has 0 bridgehead atoms. The first kappa shape index (κ1) is 16.1. The van der Waals surface area contributed by atoms with Gasteiger partial charge in [0.05, 0.1) is 19.3 Å². The Morgan fingerprint density at radius 2 is 2.21 bits per heavy atom. The molecule has 1 aliphatic heterocycles. The van der Waals surface area contributed by atoms with Crippen LogP contribution in [-0.4, -0.2) is 51.7 Å². The predicted octanol–water partition coefficient (Wildman–Crippen LogP) is -0.542. The van der Waals surface area contributed by atoms with Crippen LogP contribution >= 0.6 is 0 Å². The van der Waals surface area contributed by atoms with Crippen molar-refractivity contribution >= 4 is 5.97 Å². The molecule has 1 saturated heterocycles. The van der Waals surface area contributed by atoms with Crippen LogP contribution in [0.2, 0.25) is 0 Å². The summed E-state index contributed by atoms with van der Waals surface area (Å²) in [6, 6.07) is 5.64. The van der Waals surface area contributed by atoms with E-state index in [0.29, 0.717) is 37.7 Å². The second-order valence-electron chi connectivity index (χ2n) is 5.50. The van der Waals surface area contributed by atoms with Crippen molar-refractivity contribution in [2.75, 3.05) is 26.3 Å². The first-order chi connectivity index (χ1) is 11.7. The van der Waals surface area contributed by atoms with E-state index in [1.807, 2.05) is 4.90 Å². The summed E-state index contributed by atoms with van der Waals surface area (Å²) in [5.74, 6) is -0.639. The quantitative estimate of drug-likeness (QED) is 0.726. The van der Waals surface area contributed by atoms with E-state index >= 15 is 0 Å². The van der Waals surface area contributed by atoms with Crippen LogP contribution in [0, 0.1) is 11.3 Å². The van der Waals surface area contributed by atoms with Crippen molar-refractivity contribution in [2.24, 2.45) is 0 Å². The maximum absolute atomic E-state index is 11.3. The highest BCUT2D eigenvalue weighted by Gasteiger charge is 2.40. The molecule has 1 atom stereocenters. The molecule has 0 radical (unpaired) electrons. The van der Waals surface area contributed by atoms with Gasteiger partial charge in [-0.3, -0.25) is 9.47 Å². The van der Waals surface area contributed by atoms with Crippen molar-refractivity contribution in [2.45, 2.75) is 12.0 Å². The summed E-state index contributed by atoms with van der Waals surface area (Å²) in [5, 5.41) is 21.1. The Morgan fingerprint density at radius 3 is 2.75 bits per heavy atom. The third-order valence-corrected chi connectivity index (χ3v) is 4.13. The molecule has 0 aliphatic carbocycles. The van der Waals surface area contributed by atoms with Crippen LogP contribution in [0.15, 0.2) is 37.1 Å². The fourth-order valence-electron chi connectivity index (χ4n) is 2.90. The van der Waals surface area contributed by atoms with E-state index in [1.165, 1.54) is 6.20 Å². The van der Waals surface area contributed by atoms with Gasteiger partial charge in [-0.2, -0.15) is 5.26 Å². The molecule has 0 amide bonds. The molecule has 24 heavy (non-hydrogen) atoms. The molecule has 0 spiro atoms. The molecule has 3 rings (SSSR count). The minimum atomic E-state index is -1.32. The Balaban J connectivity index is 1.98. The van der Waals surface area contributed by atoms with E-state index in [1.54, 1.807) is 35.4 Å². The molecule has 1 unspecified atom stereocenters. The van der Waals surface area contributed by atoms with Gasteiger partial charge in [0.2, 0.25) is 0 Å². The van der Waals surface area contributed by atoms with Gasteiger partial charge in [0, 0.05) is 49.6 Å². The Bertz CT molecular complexity index is 732. The summed E-state index contributed by atoms with van der Waals surface area (Å²) < 4.78 is 7.04. The number of aliphatic carboxylic acids is 1. The van der Waals surface area contributed by atoms with E-state index in [9.17, 15) is 15.2 Å². The number of pyridine rings is 1. The Kier molecular flexibility index (Phi) is 4.55. The molecule has 0 saturated carbocycles. The van der Waals surface area contributed by atoms with Crippen molar-refractivity contribution in [3.63, 3.8) is 0 Å². The number of rotatable bonds is 5. The van der Waals surface area contributed by atoms with Crippen LogP contribution in [0.1, 0.15) is 12.0 Å². The van der Waals surface area contributed by atoms with E-state index in [2.05, 4.69) is 16.0 Å². The number of carbonyl (C=O) groups excluding carboxylic acids is 1. The fourth-order valence-corrected chi connectivity index (χ4v) is 2.90. The smallest absolute Gasteiger partial charge is 0.141 e. The van der Waals surface area contributed by atoms with Crippen molar-refractivity contribution in [3.8, 4) is 11.9 Å². The normalized spacial score (nSPS) is 17.8. The average Bonchev–Trinajstić information content (AvgIpc) is 3.15. The van der Waals surface area contributed by atoms with Crippen LogP contribution in [0.3, 0.4) is 0 Å². The molecule has 124 valence electrons. The lowest BCUT2D eigenvalue weighted by molar-refractivity contribution is -0.308. The number of morpholine rings is 1. The highest BCUT2D eigenvalue weighted by atomic mass is 16.5. The van der Waals surface area contributed by atoms with E-state index in [0.717, 1.165) is 0 Å². The monoisotopic (exact) mass is 326 g/mol. The van der Waals surface area contributed by atoms with Crippen LogP contribution < -0.4 is 5.11 Å². The molecule has 8 heteroatoms. The van der Waals surface area contributed by atoms with Gasteiger partial charge < -0.3 is 14.6 Å². The third kappa shape index (κ3) is 2.99. The van der Waals surface area contributed by atoms with Gasteiger partial charge in [-0.25, -0.2) is 9.97 Å². The van der Waals surface area contributed by atoms with Gasteiger partial charge in [-0.1, -0.05) is 6.07 Å². The zero-order valence-electron chi connectivity index (χ0n) is 13.0. The average molecular weight is 326 g/mol. The van der Waals surface area contributed by atoms with E-state index in [4.69, 9.17) is 4.74 Å². The van der Waals surface area contributed by atoms with Crippen molar-refractivity contribution < 1.29 is 14.6 Å². The van der Waals surface area contributed by atoms with Crippen molar-refractivity contribution in [3.05, 3.63) is 42.6 Å². The van der Waals surface area contributed by atoms with Gasteiger partial charge in [0.25, 0.3) is 0 Å². The second kappa shape index (κ2) is 6.78. The maximum Gasteiger partial charge on any atom is 0.141 e. The molecule has 1 fully saturated rings. The molecule has 8 nitrogen and oxygen atoms in total. The van der Waals surface area contributed by atoms with Gasteiger partial charge in [0.15, 0.2) is 0 Å². The lowest BCUT2D eigenvalue weighted by atomic mass is 9.86. The van der Waals surface area contributed by atoms with Crippen molar-refractivity contribution in [1.29, 1.82) is 5.26 Å². The number of ether oxygens (including phenoxy) is 1. The summed E-state index contributed by atoms with van der Waals surface area (Å²) in [6.45, 7) is 1.86. The molecule has 1 aliphatic rings. The van der Waals surface area contributed by atoms with Gasteiger partial charge >= 0.3 is 0 Å². The standard InChI is InChI=1S/C16H17N5O3/c17-11-16(9-15(22)23,21-5-7-24-8-6-21)13-1-2-14(19-10-13)20-4-3-18-12-20/h1-4,10,12H,5-9H2,(H,22,23)/p-1. The SMILES string of the molecule is N#CC(CC(=O)[O-])(c1ccc(-n2ccnc2)nc1)N1CCOCC1. The van der Waals surface area contributed by atoms with Gasteiger partial charge in [-0.15, -0.1) is 0 Å². The van der Waals surface area contributed by atoms with Crippen LogP contribution in [-0.2, 0) is 15.1 Å². The lowest BCUT2D eigenvalue weighted by Crippen LogP contribution is -2.53. The number of carbonyl (C=O) groups is 1. The number of nitriles is 1. The van der Waals surface area contributed by atoms with Crippen LogP contribution in [0.4, 0.5) is 0 Å². The zero-order valence-corrected chi connectivity index (χ0v) is 13.0. The van der Waals surface area contributed by atoms with E-state index < -0.39 is 17.9 Å². The number of imidazole rings is 1. The number of carboxylic acids is 1.